The number of hydrogen-bond donors (Lipinski definition) is 2. The van der Waals surface area contributed by atoms with Gasteiger partial charge in [-0.25, -0.2) is 22.0 Å². The second-order valence-electron chi connectivity index (χ2n) is 5.21. The summed E-state index contributed by atoms with van der Waals surface area (Å²) in [6.07, 6.45) is 0. The van der Waals surface area contributed by atoms with Crippen LogP contribution < -0.4 is 4.72 Å². The second kappa shape index (κ2) is 6.14. The summed E-state index contributed by atoms with van der Waals surface area (Å²) >= 11 is 0. The molecule has 0 fully saturated rings. The van der Waals surface area contributed by atoms with E-state index in [1.54, 1.807) is 24.3 Å². The largest absolute Gasteiger partial charge is 0.478 e. The summed E-state index contributed by atoms with van der Waals surface area (Å²) in [5.74, 6) is -3.92. The summed E-state index contributed by atoms with van der Waals surface area (Å²) in [6, 6.07) is 11.9. The van der Waals surface area contributed by atoms with Crippen molar-refractivity contribution in [2.24, 2.45) is 0 Å². The van der Waals surface area contributed by atoms with Gasteiger partial charge in [0.2, 0.25) is 0 Å². The molecule has 8 heteroatoms. The van der Waals surface area contributed by atoms with Crippen LogP contribution >= 0.6 is 0 Å². The van der Waals surface area contributed by atoms with Crippen LogP contribution in [0.5, 0.6) is 0 Å². The van der Waals surface area contributed by atoms with E-state index >= 15 is 0 Å². The fraction of sp³-hybridized carbons (Fsp3) is 0. The third-order valence-electron chi connectivity index (χ3n) is 3.55. The van der Waals surface area contributed by atoms with Gasteiger partial charge < -0.3 is 5.11 Å². The highest BCUT2D eigenvalue weighted by Gasteiger charge is 2.26. The van der Waals surface area contributed by atoms with E-state index in [0.29, 0.717) is 10.8 Å². The molecule has 0 spiro atoms. The van der Waals surface area contributed by atoms with Gasteiger partial charge in [-0.2, -0.15) is 0 Å². The molecule has 2 N–H and O–H groups in total. The van der Waals surface area contributed by atoms with E-state index in [-0.39, 0.29) is 11.3 Å². The van der Waals surface area contributed by atoms with Gasteiger partial charge in [-0.05, 0) is 35.0 Å². The zero-order valence-electron chi connectivity index (χ0n) is 12.5. The fourth-order valence-corrected chi connectivity index (χ4v) is 3.65. The van der Waals surface area contributed by atoms with Crippen molar-refractivity contribution in [3.63, 3.8) is 0 Å². The van der Waals surface area contributed by atoms with E-state index in [2.05, 4.69) is 0 Å². The summed E-state index contributed by atoms with van der Waals surface area (Å²) in [5, 5.41) is 10.5. The number of rotatable bonds is 4. The molecule has 0 amide bonds. The predicted octanol–water partition coefficient (Wildman–Crippen LogP) is 3.62. The normalized spacial score (nSPS) is 11.4. The highest BCUT2D eigenvalue weighted by molar-refractivity contribution is 7.92. The third-order valence-corrected chi connectivity index (χ3v) is 4.96. The highest BCUT2D eigenvalue weighted by Crippen LogP contribution is 2.28. The van der Waals surface area contributed by atoms with Crippen LogP contribution in [-0.4, -0.2) is 19.5 Å². The molecule has 128 valence electrons. The number of sulfonamides is 1. The minimum Gasteiger partial charge on any atom is -0.478 e. The number of anilines is 1. The first kappa shape index (κ1) is 16.8. The molecule has 25 heavy (non-hydrogen) atoms. The van der Waals surface area contributed by atoms with Crippen LogP contribution in [0.15, 0.2) is 59.5 Å². The molecule has 0 radical (unpaired) electrons. The summed E-state index contributed by atoms with van der Waals surface area (Å²) in [5.41, 5.74) is -0.618. The molecular formula is C17H11F2NO4S. The summed E-state index contributed by atoms with van der Waals surface area (Å²) in [7, 11) is -4.66. The van der Waals surface area contributed by atoms with Crippen molar-refractivity contribution in [2.45, 2.75) is 4.90 Å². The molecule has 0 bridgehead atoms. The van der Waals surface area contributed by atoms with E-state index < -0.39 is 32.5 Å². The minimum atomic E-state index is -4.66. The molecule has 3 aromatic rings. The quantitative estimate of drug-likeness (QED) is 0.742. The molecule has 0 atom stereocenters. The monoisotopic (exact) mass is 363 g/mol. The number of carboxylic acid groups (broad SMARTS) is 1. The Hall–Kier alpha value is -3.00. The number of hydrogen-bond acceptors (Lipinski definition) is 3. The molecule has 0 aliphatic carbocycles. The molecule has 0 unspecified atom stereocenters. The molecule has 0 heterocycles. The number of aromatic carboxylic acids is 1. The van der Waals surface area contributed by atoms with Crippen molar-refractivity contribution < 1.29 is 27.1 Å². The smallest absolute Gasteiger partial charge is 0.337 e. The molecule has 0 saturated carbocycles. The Kier molecular flexibility index (Phi) is 4.13. The lowest BCUT2D eigenvalue weighted by Gasteiger charge is -2.13. The number of carboxylic acids is 1. The zero-order valence-corrected chi connectivity index (χ0v) is 13.3. The number of halogens is 2. The van der Waals surface area contributed by atoms with Crippen LogP contribution in [0.2, 0.25) is 0 Å². The molecule has 3 aromatic carbocycles. The van der Waals surface area contributed by atoms with Crippen molar-refractivity contribution in [3.8, 4) is 0 Å². The maximum atomic E-state index is 13.8. The van der Waals surface area contributed by atoms with Crippen molar-refractivity contribution >= 4 is 32.5 Å². The van der Waals surface area contributed by atoms with E-state index in [0.717, 1.165) is 18.2 Å². The molecule has 5 nitrogen and oxygen atoms in total. The van der Waals surface area contributed by atoms with Gasteiger partial charge in [-0.3, -0.25) is 4.72 Å². The third kappa shape index (κ3) is 3.16. The average molecular weight is 363 g/mol. The highest BCUT2D eigenvalue weighted by atomic mass is 32.2. The van der Waals surface area contributed by atoms with Crippen molar-refractivity contribution in [2.75, 3.05) is 4.72 Å². The summed E-state index contributed by atoms with van der Waals surface area (Å²) in [4.78, 5) is 10.3. The van der Waals surface area contributed by atoms with Gasteiger partial charge >= 0.3 is 5.97 Å². The number of benzene rings is 3. The molecule has 0 saturated heterocycles. The zero-order chi connectivity index (χ0) is 18.2. The van der Waals surface area contributed by atoms with Gasteiger partial charge in [0.25, 0.3) is 10.0 Å². The first-order chi connectivity index (χ1) is 11.8. The maximum absolute atomic E-state index is 13.8. The van der Waals surface area contributed by atoms with Gasteiger partial charge in [0, 0.05) is 0 Å². The maximum Gasteiger partial charge on any atom is 0.337 e. The lowest BCUT2D eigenvalue weighted by atomic mass is 10.1. The van der Waals surface area contributed by atoms with Crippen LogP contribution in [0.4, 0.5) is 14.5 Å². The number of fused-ring (bicyclic) bond motifs is 1. The Morgan fingerprint density at radius 2 is 1.48 bits per heavy atom. The van der Waals surface area contributed by atoms with Gasteiger partial charge in [-0.1, -0.05) is 30.3 Å². The molecule has 0 aliphatic heterocycles. The van der Waals surface area contributed by atoms with Crippen molar-refractivity contribution in [1.29, 1.82) is 0 Å². The Bertz CT molecular complexity index is 1080. The van der Waals surface area contributed by atoms with E-state index in [1.807, 2.05) is 4.72 Å². The van der Waals surface area contributed by atoms with Gasteiger partial charge in [0.05, 0.1) is 11.3 Å². The number of nitrogens with one attached hydrogen (secondary N) is 1. The Balaban J connectivity index is 2.16. The molecule has 3 rings (SSSR count). The summed E-state index contributed by atoms with van der Waals surface area (Å²) in [6.45, 7) is 0. The van der Waals surface area contributed by atoms with Crippen LogP contribution in [0.25, 0.3) is 10.8 Å². The van der Waals surface area contributed by atoms with E-state index in [4.69, 9.17) is 0 Å². The van der Waals surface area contributed by atoms with Gasteiger partial charge in [0.1, 0.15) is 11.6 Å². The number of carbonyl (C=O) groups is 1. The van der Waals surface area contributed by atoms with Gasteiger partial charge in [0.15, 0.2) is 4.90 Å². The van der Waals surface area contributed by atoms with Crippen molar-refractivity contribution in [1.82, 2.24) is 0 Å². The van der Waals surface area contributed by atoms with Crippen LogP contribution in [-0.2, 0) is 10.0 Å². The molecule has 0 aliphatic rings. The second-order valence-corrected chi connectivity index (χ2v) is 6.83. The Labute approximate surface area is 141 Å². The first-order valence-electron chi connectivity index (χ1n) is 7.02. The van der Waals surface area contributed by atoms with Gasteiger partial charge in [-0.15, -0.1) is 0 Å². The van der Waals surface area contributed by atoms with Crippen LogP contribution in [0.3, 0.4) is 0 Å². The van der Waals surface area contributed by atoms with Crippen LogP contribution in [0.1, 0.15) is 10.4 Å². The van der Waals surface area contributed by atoms with E-state index in [9.17, 15) is 27.1 Å². The summed E-state index contributed by atoms with van der Waals surface area (Å²) < 4.78 is 54.3. The first-order valence-corrected chi connectivity index (χ1v) is 8.51. The minimum absolute atomic E-state index is 0.283. The molecular weight excluding hydrogens is 352 g/mol. The van der Waals surface area contributed by atoms with E-state index in [1.165, 1.54) is 12.1 Å². The van der Waals surface area contributed by atoms with Crippen molar-refractivity contribution in [3.05, 3.63) is 71.8 Å². The lowest BCUT2D eigenvalue weighted by molar-refractivity contribution is 0.0698. The average Bonchev–Trinajstić information content (AvgIpc) is 2.53. The fourth-order valence-electron chi connectivity index (χ4n) is 2.44. The lowest BCUT2D eigenvalue weighted by Crippen LogP contribution is -2.18. The SMILES string of the molecule is O=C(O)c1cc2ccccc2cc1NS(=O)(=O)c1c(F)cccc1F. The van der Waals surface area contributed by atoms with Crippen LogP contribution in [0, 0.1) is 11.6 Å². The Morgan fingerprint density at radius 1 is 0.920 bits per heavy atom. The predicted molar refractivity (Wildman–Crippen MR) is 88.1 cm³/mol. The Morgan fingerprint density at radius 3 is 2.04 bits per heavy atom. The topological polar surface area (TPSA) is 83.5 Å². The molecule has 0 aromatic heterocycles. The standard InChI is InChI=1S/C17H11F2NO4S/c18-13-6-3-7-14(19)16(13)25(23,24)20-15-9-11-5-2-1-4-10(11)8-12(15)17(21)22/h1-9,20H,(H,21,22).